The standard InChI is InChI=1S/C8H12BrN3/c1-5-2-6(3-5)12-8(10)7(9)4-11-12/h4-6H,2-3,10H2,1H3. The van der Waals surface area contributed by atoms with E-state index in [2.05, 4.69) is 28.0 Å². The van der Waals surface area contributed by atoms with Crippen molar-refractivity contribution >= 4 is 21.7 Å². The van der Waals surface area contributed by atoms with Gasteiger partial charge in [-0.3, -0.25) is 0 Å². The van der Waals surface area contributed by atoms with Gasteiger partial charge in [-0.2, -0.15) is 5.10 Å². The largest absolute Gasteiger partial charge is 0.383 e. The van der Waals surface area contributed by atoms with Gasteiger partial charge in [-0.05, 0) is 34.7 Å². The van der Waals surface area contributed by atoms with E-state index in [-0.39, 0.29) is 0 Å². The average molecular weight is 230 g/mol. The van der Waals surface area contributed by atoms with Crippen molar-refractivity contribution in [3.63, 3.8) is 0 Å². The second-order valence-electron chi connectivity index (χ2n) is 3.55. The molecule has 2 N–H and O–H groups in total. The number of nitrogens with zero attached hydrogens (tertiary/aromatic N) is 2. The summed E-state index contributed by atoms with van der Waals surface area (Å²) >= 11 is 3.34. The molecule has 3 nitrogen and oxygen atoms in total. The first-order valence-corrected chi connectivity index (χ1v) is 4.96. The van der Waals surface area contributed by atoms with Gasteiger partial charge >= 0.3 is 0 Å². The molecule has 0 spiro atoms. The summed E-state index contributed by atoms with van der Waals surface area (Å²) in [6.07, 6.45) is 4.18. The van der Waals surface area contributed by atoms with Crippen molar-refractivity contribution in [2.45, 2.75) is 25.8 Å². The lowest BCUT2D eigenvalue weighted by atomic mass is 9.82. The molecule has 12 heavy (non-hydrogen) atoms. The Kier molecular flexibility index (Phi) is 1.87. The molecule has 1 heterocycles. The zero-order valence-corrected chi connectivity index (χ0v) is 8.58. The Bertz CT molecular complexity index is 288. The highest BCUT2D eigenvalue weighted by atomic mass is 79.9. The lowest BCUT2D eigenvalue weighted by Gasteiger charge is -2.33. The molecular formula is C8H12BrN3. The Morgan fingerprint density at radius 1 is 1.67 bits per heavy atom. The lowest BCUT2D eigenvalue weighted by Crippen LogP contribution is -2.26. The molecule has 1 fully saturated rings. The maximum atomic E-state index is 5.81. The van der Waals surface area contributed by atoms with E-state index < -0.39 is 0 Å². The van der Waals surface area contributed by atoms with E-state index in [1.54, 1.807) is 6.20 Å². The molecule has 0 aromatic carbocycles. The van der Waals surface area contributed by atoms with Gasteiger partial charge in [-0.25, -0.2) is 4.68 Å². The van der Waals surface area contributed by atoms with E-state index in [1.807, 2.05) is 4.68 Å². The van der Waals surface area contributed by atoms with Crippen LogP contribution in [0.2, 0.25) is 0 Å². The minimum absolute atomic E-state index is 0.534. The molecule has 0 amide bonds. The van der Waals surface area contributed by atoms with Gasteiger partial charge in [0.05, 0.1) is 16.7 Å². The molecule has 0 unspecified atom stereocenters. The number of nitrogens with two attached hydrogens (primary N) is 1. The number of halogens is 1. The maximum Gasteiger partial charge on any atom is 0.136 e. The highest BCUT2D eigenvalue weighted by Crippen LogP contribution is 2.39. The van der Waals surface area contributed by atoms with Crippen LogP contribution < -0.4 is 5.73 Å². The molecule has 0 bridgehead atoms. The van der Waals surface area contributed by atoms with Gasteiger partial charge < -0.3 is 5.73 Å². The number of hydrogen-bond acceptors (Lipinski definition) is 2. The topological polar surface area (TPSA) is 43.8 Å². The highest BCUT2D eigenvalue weighted by Gasteiger charge is 2.28. The molecule has 1 aliphatic rings. The quantitative estimate of drug-likeness (QED) is 0.803. The molecule has 66 valence electrons. The van der Waals surface area contributed by atoms with Crippen molar-refractivity contribution in [1.82, 2.24) is 9.78 Å². The first kappa shape index (κ1) is 8.10. The van der Waals surface area contributed by atoms with Crippen molar-refractivity contribution in [2.24, 2.45) is 5.92 Å². The van der Waals surface area contributed by atoms with Gasteiger partial charge in [0.2, 0.25) is 0 Å². The summed E-state index contributed by atoms with van der Waals surface area (Å²) in [6, 6.07) is 0.534. The zero-order valence-electron chi connectivity index (χ0n) is 7.00. The Labute approximate surface area is 80.1 Å². The van der Waals surface area contributed by atoms with Crippen LogP contribution in [0, 0.1) is 5.92 Å². The number of anilines is 1. The molecular weight excluding hydrogens is 218 g/mol. The van der Waals surface area contributed by atoms with E-state index >= 15 is 0 Å². The van der Waals surface area contributed by atoms with E-state index in [1.165, 1.54) is 12.8 Å². The van der Waals surface area contributed by atoms with Crippen molar-refractivity contribution in [1.29, 1.82) is 0 Å². The molecule has 0 saturated heterocycles. The van der Waals surface area contributed by atoms with Crippen molar-refractivity contribution in [3.8, 4) is 0 Å². The fourth-order valence-electron chi connectivity index (χ4n) is 1.70. The van der Waals surface area contributed by atoms with Crippen molar-refractivity contribution < 1.29 is 0 Å². The Morgan fingerprint density at radius 2 is 2.33 bits per heavy atom. The van der Waals surface area contributed by atoms with Crippen LogP contribution in [0.1, 0.15) is 25.8 Å². The highest BCUT2D eigenvalue weighted by molar-refractivity contribution is 9.10. The van der Waals surface area contributed by atoms with Gasteiger partial charge in [0.25, 0.3) is 0 Å². The fourth-order valence-corrected chi connectivity index (χ4v) is 1.97. The van der Waals surface area contributed by atoms with Gasteiger partial charge in [-0.1, -0.05) is 6.92 Å². The van der Waals surface area contributed by atoms with Crippen LogP contribution >= 0.6 is 15.9 Å². The van der Waals surface area contributed by atoms with Gasteiger partial charge in [-0.15, -0.1) is 0 Å². The van der Waals surface area contributed by atoms with Crippen LogP contribution in [0.5, 0.6) is 0 Å². The number of nitrogen functional groups attached to an aromatic ring is 1. The normalized spacial score (nSPS) is 28.5. The van der Waals surface area contributed by atoms with E-state index in [9.17, 15) is 0 Å². The van der Waals surface area contributed by atoms with Crippen LogP contribution in [-0.2, 0) is 0 Å². The predicted molar refractivity (Wildman–Crippen MR) is 51.8 cm³/mol. The summed E-state index contributed by atoms with van der Waals surface area (Å²) in [5.74, 6) is 1.59. The minimum atomic E-state index is 0.534. The first-order valence-electron chi connectivity index (χ1n) is 4.17. The SMILES string of the molecule is CC1CC(n2ncc(Br)c2N)C1. The Hall–Kier alpha value is -0.510. The van der Waals surface area contributed by atoms with E-state index in [4.69, 9.17) is 5.73 Å². The Morgan fingerprint density at radius 3 is 2.75 bits per heavy atom. The first-order chi connectivity index (χ1) is 5.68. The van der Waals surface area contributed by atoms with Gasteiger partial charge in [0.15, 0.2) is 0 Å². The number of rotatable bonds is 1. The molecule has 1 aromatic rings. The monoisotopic (exact) mass is 229 g/mol. The third kappa shape index (κ3) is 1.14. The number of hydrogen-bond donors (Lipinski definition) is 1. The molecule has 0 atom stereocenters. The van der Waals surface area contributed by atoms with Gasteiger partial charge in [0.1, 0.15) is 5.82 Å². The van der Waals surface area contributed by atoms with Crippen LogP contribution in [-0.4, -0.2) is 9.78 Å². The molecule has 1 aromatic heterocycles. The molecule has 4 heteroatoms. The lowest BCUT2D eigenvalue weighted by molar-refractivity contribution is 0.203. The fraction of sp³-hybridized carbons (Fsp3) is 0.625. The van der Waals surface area contributed by atoms with Crippen LogP contribution in [0.3, 0.4) is 0 Å². The van der Waals surface area contributed by atoms with Crippen LogP contribution in [0.15, 0.2) is 10.7 Å². The third-order valence-electron chi connectivity index (χ3n) is 2.48. The molecule has 1 aliphatic carbocycles. The molecule has 0 aliphatic heterocycles. The van der Waals surface area contributed by atoms with Crippen molar-refractivity contribution in [3.05, 3.63) is 10.7 Å². The molecule has 0 radical (unpaired) electrons. The van der Waals surface area contributed by atoms with E-state index in [0.717, 1.165) is 16.2 Å². The smallest absolute Gasteiger partial charge is 0.136 e. The minimum Gasteiger partial charge on any atom is -0.383 e. The van der Waals surface area contributed by atoms with Crippen molar-refractivity contribution in [2.75, 3.05) is 5.73 Å². The van der Waals surface area contributed by atoms with Crippen LogP contribution in [0.25, 0.3) is 0 Å². The Balaban J connectivity index is 2.18. The third-order valence-corrected chi connectivity index (χ3v) is 3.09. The molecule has 1 saturated carbocycles. The summed E-state index contributed by atoms with van der Waals surface area (Å²) in [6.45, 7) is 2.26. The summed E-state index contributed by atoms with van der Waals surface area (Å²) in [4.78, 5) is 0. The second-order valence-corrected chi connectivity index (χ2v) is 4.41. The summed E-state index contributed by atoms with van der Waals surface area (Å²) in [5, 5.41) is 4.22. The zero-order chi connectivity index (χ0) is 8.72. The maximum absolute atomic E-state index is 5.81. The average Bonchev–Trinajstić information content (AvgIpc) is 2.28. The van der Waals surface area contributed by atoms with Crippen LogP contribution in [0.4, 0.5) is 5.82 Å². The van der Waals surface area contributed by atoms with E-state index in [0.29, 0.717) is 6.04 Å². The van der Waals surface area contributed by atoms with Gasteiger partial charge in [0, 0.05) is 0 Å². The molecule has 2 rings (SSSR count). The number of aromatic nitrogens is 2. The summed E-state index contributed by atoms with van der Waals surface area (Å²) in [7, 11) is 0. The predicted octanol–water partition coefficient (Wildman–Crippen LogP) is 2.20. The summed E-state index contributed by atoms with van der Waals surface area (Å²) < 4.78 is 2.83. The second kappa shape index (κ2) is 2.76. The summed E-state index contributed by atoms with van der Waals surface area (Å²) in [5.41, 5.74) is 5.81.